The normalized spacial score (nSPS) is 19.2. The van der Waals surface area contributed by atoms with Crippen LogP contribution in [-0.4, -0.2) is 31.5 Å². The minimum atomic E-state index is -4.86. The number of hydrogen-bond donors (Lipinski definition) is 0. The van der Waals surface area contributed by atoms with Gasteiger partial charge in [0.1, 0.15) is 0 Å². The van der Waals surface area contributed by atoms with Gasteiger partial charge in [0.2, 0.25) is 0 Å². The fourth-order valence-electron chi connectivity index (χ4n) is 2.17. The summed E-state index contributed by atoms with van der Waals surface area (Å²) in [6, 6.07) is 0. The van der Waals surface area contributed by atoms with Gasteiger partial charge >= 0.3 is 58.4 Å². The van der Waals surface area contributed by atoms with Gasteiger partial charge in [-0.3, -0.25) is 0 Å². The predicted molar refractivity (Wildman–Crippen MR) is 62.2 cm³/mol. The molecule has 0 aromatic heterocycles. The maximum atomic E-state index is 12.3. The van der Waals surface area contributed by atoms with Crippen molar-refractivity contribution in [2.75, 3.05) is 19.6 Å². The summed E-state index contributed by atoms with van der Waals surface area (Å²) in [6.45, 7) is 4.17. The Labute approximate surface area is 145 Å². The van der Waals surface area contributed by atoms with Crippen molar-refractivity contribution in [1.29, 1.82) is 0 Å². The molecule has 1 aliphatic rings. The number of halogens is 3. The van der Waals surface area contributed by atoms with Crippen molar-refractivity contribution in [1.82, 2.24) is 4.90 Å². The zero-order valence-electron chi connectivity index (χ0n) is 11.1. The summed E-state index contributed by atoms with van der Waals surface area (Å²) in [5, 5.41) is 0. The van der Waals surface area contributed by atoms with Gasteiger partial charge in [0.25, 0.3) is 0 Å². The molecule has 0 bridgehead atoms. The van der Waals surface area contributed by atoms with Crippen molar-refractivity contribution in [3.63, 3.8) is 0 Å². The molecule has 0 atom stereocenters. The van der Waals surface area contributed by atoms with Crippen molar-refractivity contribution in [2.24, 2.45) is 11.8 Å². The summed E-state index contributed by atoms with van der Waals surface area (Å²) in [5.74, 6) is 1.30. The van der Waals surface area contributed by atoms with Crippen molar-refractivity contribution >= 4 is 6.98 Å². The quantitative estimate of drug-likeness (QED) is 0.666. The molecule has 0 amide bonds. The fraction of sp³-hybridized carbons (Fsp3) is 0.818. The van der Waals surface area contributed by atoms with Gasteiger partial charge in [-0.1, -0.05) is 13.8 Å². The van der Waals surface area contributed by atoms with Crippen LogP contribution in [0.15, 0.2) is 12.1 Å². The Morgan fingerprint density at radius 3 is 2.12 bits per heavy atom. The number of likely N-dealkylation sites (tertiary alicyclic amines) is 1. The first-order valence-corrected chi connectivity index (χ1v) is 5.90. The second kappa shape index (κ2) is 7.70. The standard InChI is InChI=1S/C11H20BF3N.K/c1-9(2)11-4-6-16(7-5-11)8-10(3)12(13,14)15;/h9,11H,3-8H2,1-2H3;/q-1;+1. The second-order valence-electron chi connectivity index (χ2n) is 5.09. The van der Waals surface area contributed by atoms with E-state index in [9.17, 15) is 12.9 Å². The zero-order chi connectivity index (χ0) is 12.3. The van der Waals surface area contributed by atoms with Crippen LogP contribution >= 0.6 is 0 Å². The van der Waals surface area contributed by atoms with Gasteiger partial charge in [-0.05, 0) is 44.3 Å². The predicted octanol–water partition coefficient (Wildman–Crippen LogP) is 0.301. The second-order valence-corrected chi connectivity index (χ2v) is 5.09. The van der Waals surface area contributed by atoms with Crippen molar-refractivity contribution in [3.05, 3.63) is 12.1 Å². The van der Waals surface area contributed by atoms with Crippen LogP contribution in [0.3, 0.4) is 0 Å². The van der Waals surface area contributed by atoms with Crippen LogP contribution in [-0.2, 0) is 0 Å². The minimum Gasteiger partial charge on any atom is -0.445 e. The van der Waals surface area contributed by atoms with Gasteiger partial charge < -0.3 is 17.8 Å². The van der Waals surface area contributed by atoms with Crippen LogP contribution < -0.4 is 51.4 Å². The van der Waals surface area contributed by atoms with E-state index in [1.54, 1.807) is 0 Å². The Morgan fingerprint density at radius 1 is 1.29 bits per heavy atom. The molecule has 0 radical (unpaired) electrons. The molecule has 1 heterocycles. The third kappa shape index (κ3) is 6.25. The molecule has 0 aromatic carbocycles. The van der Waals surface area contributed by atoms with E-state index in [1.165, 1.54) is 0 Å². The molecule has 0 saturated carbocycles. The van der Waals surface area contributed by atoms with Gasteiger partial charge in [-0.15, -0.1) is 12.1 Å². The summed E-state index contributed by atoms with van der Waals surface area (Å²) in [6.07, 6.45) is 2.02. The van der Waals surface area contributed by atoms with Crippen molar-refractivity contribution in [2.45, 2.75) is 26.7 Å². The van der Waals surface area contributed by atoms with Gasteiger partial charge in [0.05, 0.1) is 0 Å². The first kappa shape index (κ1) is 18.2. The van der Waals surface area contributed by atoms with Crippen LogP contribution in [0.5, 0.6) is 0 Å². The SMILES string of the molecule is C=C(CN1CCC(C(C)C)CC1)[B-](F)(F)F.[K+]. The van der Waals surface area contributed by atoms with Crippen LogP contribution in [0.2, 0.25) is 0 Å². The molecular formula is C11H20BF3KN. The van der Waals surface area contributed by atoms with E-state index in [0.29, 0.717) is 11.8 Å². The fourth-order valence-corrected chi connectivity index (χ4v) is 2.17. The van der Waals surface area contributed by atoms with E-state index in [2.05, 4.69) is 20.4 Å². The van der Waals surface area contributed by atoms with Gasteiger partial charge in [0, 0.05) is 0 Å². The number of hydrogen-bond acceptors (Lipinski definition) is 1. The van der Waals surface area contributed by atoms with Crippen LogP contribution in [0.4, 0.5) is 12.9 Å². The summed E-state index contributed by atoms with van der Waals surface area (Å²) >= 11 is 0. The molecule has 1 fully saturated rings. The number of piperidine rings is 1. The Morgan fingerprint density at radius 2 is 1.76 bits per heavy atom. The maximum absolute atomic E-state index is 12.3. The molecule has 6 heteroatoms. The molecular weight excluding hydrogens is 253 g/mol. The summed E-state index contributed by atoms with van der Waals surface area (Å²) in [7, 11) is 0. The summed E-state index contributed by atoms with van der Waals surface area (Å²) in [4.78, 5) is 1.87. The summed E-state index contributed by atoms with van der Waals surface area (Å²) in [5.41, 5.74) is -0.567. The Kier molecular flexibility index (Phi) is 8.24. The first-order valence-electron chi connectivity index (χ1n) is 5.90. The van der Waals surface area contributed by atoms with Crippen molar-refractivity contribution in [3.8, 4) is 0 Å². The van der Waals surface area contributed by atoms with Gasteiger partial charge in [-0.2, -0.15) is 0 Å². The van der Waals surface area contributed by atoms with E-state index < -0.39 is 12.4 Å². The molecule has 17 heavy (non-hydrogen) atoms. The molecule has 0 N–H and O–H groups in total. The van der Waals surface area contributed by atoms with E-state index in [0.717, 1.165) is 25.9 Å². The molecule has 1 rings (SSSR count). The van der Waals surface area contributed by atoms with Crippen molar-refractivity contribution < 1.29 is 64.3 Å². The molecule has 1 aliphatic heterocycles. The maximum Gasteiger partial charge on any atom is 1.00 e. The Balaban J connectivity index is 0.00000256. The summed E-state index contributed by atoms with van der Waals surface area (Å²) < 4.78 is 37.0. The molecule has 0 aliphatic carbocycles. The third-order valence-corrected chi connectivity index (χ3v) is 3.46. The van der Waals surface area contributed by atoms with Gasteiger partial charge in [-0.25, -0.2) is 0 Å². The Bertz CT molecular complexity index is 248. The molecule has 0 unspecified atom stereocenters. The molecule has 94 valence electrons. The number of nitrogens with zero attached hydrogens (tertiary/aromatic N) is 1. The molecule has 1 saturated heterocycles. The molecule has 0 aromatic rings. The van der Waals surface area contributed by atoms with Crippen LogP contribution in [0.1, 0.15) is 26.7 Å². The van der Waals surface area contributed by atoms with Gasteiger partial charge in [0.15, 0.2) is 0 Å². The minimum absolute atomic E-state index is 0. The van der Waals surface area contributed by atoms with E-state index in [1.807, 2.05) is 4.90 Å². The van der Waals surface area contributed by atoms with Crippen LogP contribution in [0, 0.1) is 11.8 Å². The third-order valence-electron chi connectivity index (χ3n) is 3.46. The first-order chi connectivity index (χ1) is 7.30. The van der Waals surface area contributed by atoms with E-state index in [-0.39, 0.29) is 57.9 Å². The Hall–Kier alpha value is 1.19. The largest absolute Gasteiger partial charge is 1.00 e. The number of rotatable bonds is 4. The van der Waals surface area contributed by atoms with E-state index in [4.69, 9.17) is 0 Å². The monoisotopic (exact) mass is 273 g/mol. The topological polar surface area (TPSA) is 3.24 Å². The molecule has 1 nitrogen and oxygen atoms in total. The smallest absolute Gasteiger partial charge is 0.445 e. The zero-order valence-corrected chi connectivity index (χ0v) is 14.2. The van der Waals surface area contributed by atoms with Crippen LogP contribution in [0.25, 0.3) is 0 Å². The average Bonchev–Trinajstić information content (AvgIpc) is 2.17. The molecule has 0 spiro atoms. The average molecular weight is 273 g/mol. The van der Waals surface area contributed by atoms with E-state index >= 15 is 0 Å².